The lowest BCUT2D eigenvalue weighted by atomic mass is 10.0. The van der Waals surface area contributed by atoms with Crippen LogP contribution in [-0.4, -0.2) is 25.7 Å². The Labute approximate surface area is 114 Å². The maximum atomic E-state index is 5.94. The fourth-order valence-corrected chi connectivity index (χ4v) is 2.81. The number of nitrogens with zero attached hydrogens (tertiary/aromatic N) is 1. The van der Waals surface area contributed by atoms with Crippen molar-refractivity contribution in [3.8, 4) is 0 Å². The zero-order valence-electron chi connectivity index (χ0n) is 10.7. The highest BCUT2D eigenvalue weighted by molar-refractivity contribution is 6.30. The number of hydrogen-bond acceptors (Lipinski definition) is 2. The average molecular weight is 265 g/mol. The monoisotopic (exact) mass is 264 g/mol. The van der Waals surface area contributed by atoms with Crippen LogP contribution in [0.1, 0.15) is 25.7 Å². The molecule has 1 saturated heterocycles. The Morgan fingerprint density at radius 1 is 1.17 bits per heavy atom. The highest BCUT2D eigenvalue weighted by Gasteiger charge is 2.24. The Morgan fingerprint density at radius 3 is 2.67 bits per heavy atom. The molecule has 0 bridgehead atoms. The molecule has 1 unspecified atom stereocenters. The summed E-state index contributed by atoms with van der Waals surface area (Å²) in [6, 6.07) is 8.89. The standard InChI is InChI=1S/C15H21ClN2/c16-13-5-7-15(8-6-13)18-9-1-2-14(11-18)17-10-12-3-4-12/h5-8,12,14,17H,1-4,9-11H2. The van der Waals surface area contributed by atoms with Gasteiger partial charge in [0.1, 0.15) is 0 Å². The number of anilines is 1. The van der Waals surface area contributed by atoms with Gasteiger partial charge in [-0.25, -0.2) is 0 Å². The van der Waals surface area contributed by atoms with Gasteiger partial charge in [0.25, 0.3) is 0 Å². The van der Waals surface area contributed by atoms with E-state index in [2.05, 4.69) is 22.3 Å². The molecule has 1 aromatic carbocycles. The zero-order chi connectivity index (χ0) is 12.4. The minimum Gasteiger partial charge on any atom is -0.370 e. The summed E-state index contributed by atoms with van der Waals surface area (Å²) in [7, 11) is 0. The van der Waals surface area contributed by atoms with E-state index in [1.54, 1.807) is 0 Å². The number of rotatable bonds is 4. The number of benzene rings is 1. The maximum absolute atomic E-state index is 5.94. The lowest BCUT2D eigenvalue weighted by molar-refractivity contribution is 0.416. The third-order valence-corrected chi connectivity index (χ3v) is 4.26. The van der Waals surface area contributed by atoms with Gasteiger partial charge >= 0.3 is 0 Å². The van der Waals surface area contributed by atoms with Gasteiger partial charge in [0.2, 0.25) is 0 Å². The van der Waals surface area contributed by atoms with Crippen LogP contribution in [0.5, 0.6) is 0 Å². The first-order valence-electron chi connectivity index (χ1n) is 7.05. The summed E-state index contributed by atoms with van der Waals surface area (Å²) in [5.74, 6) is 0.968. The quantitative estimate of drug-likeness (QED) is 0.898. The summed E-state index contributed by atoms with van der Waals surface area (Å²) in [6.07, 6.45) is 5.46. The van der Waals surface area contributed by atoms with Crippen LogP contribution in [0.2, 0.25) is 5.02 Å². The first-order valence-corrected chi connectivity index (χ1v) is 7.43. The molecule has 1 heterocycles. The van der Waals surface area contributed by atoms with Crippen molar-refractivity contribution in [1.82, 2.24) is 5.32 Å². The first kappa shape index (κ1) is 12.3. The summed E-state index contributed by atoms with van der Waals surface area (Å²) in [5.41, 5.74) is 1.30. The molecule has 0 amide bonds. The van der Waals surface area contributed by atoms with E-state index in [0.29, 0.717) is 6.04 Å². The lowest BCUT2D eigenvalue weighted by Gasteiger charge is -2.35. The molecule has 0 spiro atoms. The molecule has 98 valence electrons. The highest BCUT2D eigenvalue weighted by atomic mass is 35.5. The Bertz CT molecular complexity index is 386. The van der Waals surface area contributed by atoms with Crippen molar-refractivity contribution >= 4 is 17.3 Å². The third kappa shape index (κ3) is 3.18. The van der Waals surface area contributed by atoms with Crippen LogP contribution in [0.15, 0.2) is 24.3 Å². The normalized spacial score (nSPS) is 24.3. The molecule has 0 radical (unpaired) electrons. The number of piperidine rings is 1. The third-order valence-electron chi connectivity index (χ3n) is 4.01. The summed E-state index contributed by atoms with van der Waals surface area (Å²) in [4.78, 5) is 2.48. The molecule has 3 rings (SSSR count). The van der Waals surface area contributed by atoms with Gasteiger partial charge in [-0.15, -0.1) is 0 Å². The lowest BCUT2D eigenvalue weighted by Crippen LogP contribution is -2.46. The summed E-state index contributed by atoms with van der Waals surface area (Å²) in [6.45, 7) is 3.52. The fraction of sp³-hybridized carbons (Fsp3) is 0.600. The molecule has 2 aliphatic rings. The number of halogens is 1. The Morgan fingerprint density at radius 2 is 1.94 bits per heavy atom. The summed E-state index contributed by atoms with van der Waals surface area (Å²) < 4.78 is 0. The van der Waals surface area contributed by atoms with Gasteiger partial charge in [0, 0.05) is 29.8 Å². The molecule has 1 aliphatic heterocycles. The minimum atomic E-state index is 0.662. The van der Waals surface area contributed by atoms with Gasteiger partial charge in [-0.2, -0.15) is 0 Å². The van der Waals surface area contributed by atoms with E-state index < -0.39 is 0 Å². The smallest absolute Gasteiger partial charge is 0.0407 e. The molecule has 1 aliphatic carbocycles. The van der Waals surface area contributed by atoms with Gasteiger partial charge in [-0.05, 0) is 62.4 Å². The molecular weight excluding hydrogens is 244 g/mol. The van der Waals surface area contributed by atoms with E-state index in [-0.39, 0.29) is 0 Å². The molecule has 1 saturated carbocycles. The first-order chi connectivity index (χ1) is 8.81. The SMILES string of the molecule is Clc1ccc(N2CCCC(NCC3CC3)C2)cc1. The van der Waals surface area contributed by atoms with Gasteiger partial charge in [0.05, 0.1) is 0 Å². The Kier molecular flexibility index (Phi) is 3.76. The van der Waals surface area contributed by atoms with Crippen LogP contribution >= 0.6 is 11.6 Å². The van der Waals surface area contributed by atoms with Crippen molar-refractivity contribution in [2.24, 2.45) is 5.92 Å². The van der Waals surface area contributed by atoms with Crippen LogP contribution in [0.4, 0.5) is 5.69 Å². The molecular formula is C15H21ClN2. The number of nitrogens with one attached hydrogen (secondary N) is 1. The molecule has 2 nitrogen and oxygen atoms in total. The second-order valence-corrected chi connectivity index (χ2v) is 6.05. The largest absolute Gasteiger partial charge is 0.370 e. The summed E-state index contributed by atoms with van der Waals surface area (Å²) in [5, 5.41) is 4.55. The van der Waals surface area contributed by atoms with Gasteiger partial charge in [-0.1, -0.05) is 11.6 Å². The van der Waals surface area contributed by atoms with Gasteiger partial charge in [-0.3, -0.25) is 0 Å². The molecule has 18 heavy (non-hydrogen) atoms. The van der Waals surface area contributed by atoms with Crippen LogP contribution in [0.25, 0.3) is 0 Å². The van der Waals surface area contributed by atoms with Crippen molar-refractivity contribution in [3.63, 3.8) is 0 Å². The second-order valence-electron chi connectivity index (χ2n) is 5.61. The summed E-state index contributed by atoms with van der Waals surface area (Å²) >= 11 is 5.94. The predicted octanol–water partition coefficient (Wildman–Crippen LogP) is 3.31. The van der Waals surface area contributed by atoms with Crippen molar-refractivity contribution in [2.45, 2.75) is 31.7 Å². The molecule has 3 heteroatoms. The van der Waals surface area contributed by atoms with Crippen LogP contribution < -0.4 is 10.2 Å². The fourth-order valence-electron chi connectivity index (χ4n) is 2.69. The maximum Gasteiger partial charge on any atom is 0.0407 e. The van der Waals surface area contributed by atoms with E-state index in [4.69, 9.17) is 11.6 Å². The van der Waals surface area contributed by atoms with E-state index in [1.165, 1.54) is 44.5 Å². The molecule has 1 N–H and O–H groups in total. The molecule has 2 fully saturated rings. The van der Waals surface area contributed by atoms with Gasteiger partial charge in [0.15, 0.2) is 0 Å². The van der Waals surface area contributed by atoms with E-state index in [0.717, 1.165) is 17.5 Å². The zero-order valence-corrected chi connectivity index (χ0v) is 11.5. The topological polar surface area (TPSA) is 15.3 Å². The van der Waals surface area contributed by atoms with Crippen molar-refractivity contribution in [3.05, 3.63) is 29.3 Å². The second kappa shape index (κ2) is 5.50. The number of hydrogen-bond donors (Lipinski definition) is 1. The van der Waals surface area contributed by atoms with E-state index in [9.17, 15) is 0 Å². The minimum absolute atomic E-state index is 0.662. The van der Waals surface area contributed by atoms with Crippen molar-refractivity contribution < 1.29 is 0 Å². The van der Waals surface area contributed by atoms with Crippen molar-refractivity contribution in [1.29, 1.82) is 0 Å². The molecule has 1 aromatic rings. The van der Waals surface area contributed by atoms with Gasteiger partial charge < -0.3 is 10.2 Å². The van der Waals surface area contributed by atoms with Crippen molar-refractivity contribution in [2.75, 3.05) is 24.5 Å². The van der Waals surface area contributed by atoms with E-state index >= 15 is 0 Å². The van der Waals surface area contributed by atoms with Crippen LogP contribution in [-0.2, 0) is 0 Å². The average Bonchev–Trinajstić information content (AvgIpc) is 3.22. The predicted molar refractivity (Wildman–Crippen MR) is 77.4 cm³/mol. The Hall–Kier alpha value is -0.730. The van der Waals surface area contributed by atoms with Crippen LogP contribution in [0, 0.1) is 5.92 Å². The van der Waals surface area contributed by atoms with E-state index in [1.807, 2.05) is 12.1 Å². The Balaban J connectivity index is 1.56. The highest BCUT2D eigenvalue weighted by Crippen LogP contribution is 2.28. The molecule has 0 aromatic heterocycles. The molecule has 1 atom stereocenters. The van der Waals surface area contributed by atoms with Crippen LogP contribution in [0.3, 0.4) is 0 Å².